The first-order valence-electron chi connectivity index (χ1n) is 5.48. The smallest absolute Gasteiger partial charge is 0.356 e. The van der Waals surface area contributed by atoms with Gasteiger partial charge in [0.25, 0.3) is 0 Å². The summed E-state index contributed by atoms with van der Waals surface area (Å²) < 4.78 is 5.21. The Morgan fingerprint density at radius 3 is 3.00 bits per heavy atom. The number of ether oxygens (including phenoxy) is 1. The van der Waals surface area contributed by atoms with Gasteiger partial charge < -0.3 is 10.1 Å². The fourth-order valence-electron chi connectivity index (χ4n) is 1.17. The molecular formula is C12H13N3O2S2. The van der Waals surface area contributed by atoms with Crippen LogP contribution in [0.15, 0.2) is 18.3 Å². The molecule has 0 amide bonds. The molecular weight excluding hydrogens is 282 g/mol. The van der Waals surface area contributed by atoms with Gasteiger partial charge >= 0.3 is 5.97 Å². The lowest BCUT2D eigenvalue weighted by molar-refractivity contribution is 0.0594. The molecule has 0 radical (unpaired) electrons. The van der Waals surface area contributed by atoms with Crippen molar-refractivity contribution in [2.24, 2.45) is 0 Å². The number of carbonyl (C=O) groups excluding carboxylic acids is 1. The largest absolute Gasteiger partial charge is 0.464 e. The van der Waals surface area contributed by atoms with E-state index in [0.717, 1.165) is 5.56 Å². The van der Waals surface area contributed by atoms with Gasteiger partial charge in [0.2, 0.25) is 0 Å². The molecule has 19 heavy (non-hydrogen) atoms. The normalized spacial score (nSPS) is 9.47. The maximum absolute atomic E-state index is 11.2. The number of thioether (sulfide) groups is 1. The number of hydrogen-bond donors (Lipinski definition) is 1. The summed E-state index contributed by atoms with van der Waals surface area (Å²) in [5, 5.41) is 11.5. The molecule has 0 unspecified atom stereocenters. The molecule has 100 valence electrons. The van der Waals surface area contributed by atoms with E-state index in [9.17, 15) is 4.79 Å². The zero-order valence-corrected chi connectivity index (χ0v) is 12.0. The van der Waals surface area contributed by atoms with Crippen molar-refractivity contribution in [1.29, 1.82) is 5.26 Å². The molecule has 0 aromatic carbocycles. The van der Waals surface area contributed by atoms with Gasteiger partial charge in [-0.25, -0.2) is 9.78 Å². The molecule has 0 spiro atoms. The van der Waals surface area contributed by atoms with E-state index in [-0.39, 0.29) is 5.69 Å². The first-order valence-corrected chi connectivity index (χ1v) is 6.87. The average molecular weight is 295 g/mol. The predicted molar refractivity (Wildman–Crippen MR) is 77.7 cm³/mol. The second-order valence-corrected chi connectivity index (χ2v) is 5.21. The summed E-state index contributed by atoms with van der Waals surface area (Å²) in [4.78, 5) is 15.2. The molecule has 1 rings (SSSR count). The van der Waals surface area contributed by atoms with Gasteiger partial charge in [-0.1, -0.05) is 30.0 Å². The van der Waals surface area contributed by atoms with Gasteiger partial charge in [0, 0.05) is 24.9 Å². The van der Waals surface area contributed by atoms with E-state index in [0.29, 0.717) is 23.0 Å². The van der Waals surface area contributed by atoms with Crippen LogP contribution in [-0.2, 0) is 11.3 Å². The van der Waals surface area contributed by atoms with Gasteiger partial charge in [0.15, 0.2) is 0 Å². The molecule has 0 aliphatic rings. The number of pyridine rings is 1. The molecule has 0 saturated carbocycles. The van der Waals surface area contributed by atoms with Gasteiger partial charge in [0.05, 0.1) is 13.2 Å². The number of carbonyl (C=O) groups is 1. The quantitative estimate of drug-likeness (QED) is 0.505. The molecule has 1 aromatic rings. The van der Waals surface area contributed by atoms with Crippen molar-refractivity contribution < 1.29 is 9.53 Å². The molecule has 0 saturated heterocycles. The third-order valence-corrected chi connectivity index (χ3v) is 3.42. The van der Waals surface area contributed by atoms with Crippen LogP contribution in [0.5, 0.6) is 0 Å². The van der Waals surface area contributed by atoms with Crippen molar-refractivity contribution in [3.05, 3.63) is 29.6 Å². The minimum atomic E-state index is -0.456. The lowest BCUT2D eigenvalue weighted by Crippen LogP contribution is -2.18. The summed E-state index contributed by atoms with van der Waals surface area (Å²) in [5.41, 5.74) is 1.19. The van der Waals surface area contributed by atoms with Crippen LogP contribution in [0.3, 0.4) is 0 Å². The predicted octanol–water partition coefficient (Wildman–Crippen LogP) is 1.89. The van der Waals surface area contributed by atoms with Gasteiger partial charge in [-0.3, -0.25) is 0 Å². The van der Waals surface area contributed by atoms with Crippen molar-refractivity contribution >= 4 is 34.3 Å². The SMILES string of the molecule is COC(=O)c1ccc(CNC(=S)SCCC#N)cn1. The van der Waals surface area contributed by atoms with E-state index in [4.69, 9.17) is 17.5 Å². The maximum atomic E-state index is 11.2. The highest BCUT2D eigenvalue weighted by atomic mass is 32.2. The lowest BCUT2D eigenvalue weighted by atomic mass is 10.2. The highest BCUT2D eigenvalue weighted by Gasteiger charge is 2.06. The first kappa shape index (κ1) is 15.4. The molecule has 0 atom stereocenters. The number of nitrogens with zero attached hydrogens (tertiary/aromatic N) is 2. The number of nitriles is 1. The van der Waals surface area contributed by atoms with Crippen molar-refractivity contribution in [1.82, 2.24) is 10.3 Å². The minimum Gasteiger partial charge on any atom is -0.464 e. The second kappa shape index (κ2) is 8.45. The van der Waals surface area contributed by atoms with E-state index < -0.39 is 5.97 Å². The monoisotopic (exact) mass is 295 g/mol. The zero-order valence-electron chi connectivity index (χ0n) is 10.4. The van der Waals surface area contributed by atoms with Crippen LogP contribution in [-0.4, -0.2) is 28.1 Å². The van der Waals surface area contributed by atoms with Crippen LogP contribution in [0.4, 0.5) is 0 Å². The Kier molecular flexibility index (Phi) is 6.85. The van der Waals surface area contributed by atoms with Gasteiger partial charge in [-0.15, -0.1) is 0 Å². The molecule has 0 aliphatic heterocycles. The van der Waals surface area contributed by atoms with Crippen LogP contribution in [0.25, 0.3) is 0 Å². The average Bonchev–Trinajstić information content (AvgIpc) is 2.45. The van der Waals surface area contributed by atoms with Crippen LogP contribution in [0, 0.1) is 11.3 Å². The van der Waals surface area contributed by atoms with E-state index in [1.165, 1.54) is 18.9 Å². The van der Waals surface area contributed by atoms with Crippen LogP contribution < -0.4 is 5.32 Å². The van der Waals surface area contributed by atoms with E-state index >= 15 is 0 Å². The van der Waals surface area contributed by atoms with Crippen LogP contribution in [0.1, 0.15) is 22.5 Å². The Morgan fingerprint density at radius 1 is 1.63 bits per heavy atom. The zero-order chi connectivity index (χ0) is 14.1. The molecule has 1 N–H and O–H groups in total. The van der Waals surface area contributed by atoms with Crippen molar-refractivity contribution in [2.45, 2.75) is 13.0 Å². The Hall–Kier alpha value is -1.65. The third kappa shape index (κ3) is 5.68. The maximum Gasteiger partial charge on any atom is 0.356 e. The summed E-state index contributed by atoms with van der Waals surface area (Å²) in [6, 6.07) is 5.45. The highest BCUT2D eigenvalue weighted by Crippen LogP contribution is 2.06. The van der Waals surface area contributed by atoms with Gasteiger partial charge in [0.1, 0.15) is 10.0 Å². The summed E-state index contributed by atoms with van der Waals surface area (Å²) >= 11 is 6.54. The summed E-state index contributed by atoms with van der Waals surface area (Å²) in [5.74, 6) is 0.226. The molecule has 1 aromatic heterocycles. The van der Waals surface area contributed by atoms with Crippen LogP contribution in [0.2, 0.25) is 0 Å². The highest BCUT2D eigenvalue weighted by molar-refractivity contribution is 8.22. The summed E-state index contributed by atoms with van der Waals surface area (Å²) in [6.45, 7) is 0.535. The fraction of sp³-hybridized carbons (Fsp3) is 0.333. The summed E-state index contributed by atoms with van der Waals surface area (Å²) in [6.07, 6.45) is 2.07. The van der Waals surface area contributed by atoms with Gasteiger partial charge in [-0.05, 0) is 11.6 Å². The third-order valence-electron chi connectivity index (χ3n) is 2.10. The minimum absolute atomic E-state index is 0.275. The number of esters is 1. The van der Waals surface area contributed by atoms with E-state index in [1.807, 2.05) is 0 Å². The van der Waals surface area contributed by atoms with Crippen molar-refractivity contribution in [3.63, 3.8) is 0 Å². The molecule has 7 heteroatoms. The lowest BCUT2D eigenvalue weighted by Gasteiger charge is -2.06. The molecule has 1 heterocycles. The Labute approximate surface area is 121 Å². The number of nitrogens with one attached hydrogen (secondary N) is 1. The topological polar surface area (TPSA) is 75.0 Å². The number of methoxy groups -OCH3 is 1. The fourth-order valence-corrected chi connectivity index (χ4v) is 2.04. The number of hydrogen-bond acceptors (Lipinski definition) is 6. The molecule has 5 nitrogen and oxygen atoms in total. The number of thiocarbonyl (C=S) groups is 1. The summed E-state index contributed by atoms with van der Waals surface area (Å²) in [7, 11) is 1.32. The first-order chi connectivity index (χ1) is 9.17. The Balaban J connectivity index is 2.40. The molecule has 0 aliphatic carbocycles. The van der Waals surface area contributed by atoms with E-state index in [2.05, 4.69) is 21.1 Å². The van der Waals surface area contributed by atoms with Crippen molar-refractivity contribution in [3.8, 4) is 6.07 Å². The second-order valence-electron chi connectivity index (χ2n) is 3.44. The molecule has 0 fully saturated rings. The van der Waals surface area contributed by atoms with Gasteiger partial charge in [-0.2, -0.15) is 5.26 Å². The van der Waals surface area contributed by atoms with Crippen LogP contribution >= 0.6 is 24.0 Å². The number of rotatable bonds is 5. The standard InChI is InChI=1S/C12H13N3O2S2/c1-17-11(16)10-4-3-9(7-14-10)8-15-12(18)19-6-2-5-13/h3-4,7H,2,6,8H2,1H3,(H,15,18). The number of aromatic nitrogens is 1. The van der Waals surface area contributed by atoms with E-state index in [1.54, 1.807) is 18.3 Å². The van der Waals surface area contributed by atoms with Crippen molar-refractivity contribution in [2.75, 3.05) is 12.9 Å². The Morgan fingerprint density at radius 2 is 2.42 bits per heavy atom. The Bertz CT molecular complexity index is 483. The molecule has 0 bridgehead atoms.